The Morgan fingerprint density at radius 2 is 1.68 bits per heavy atom. The van der Waals surface area contributed by atoms with Gasteiger partial charge in [0.25, 0.3) is 0 Å². The number of aromatic nitrogens is 1. The van der Waals surface area contributed by atoms with Gasteiger partial charge in [-0.3, -0.25) is 15.1 Å². The lowest BCUT2D eigenvalue weighted by Gasteiger charge is -2.25. The quantitative estimate of drug-likeness (QED) is 0.0690. The Labute approximate surface area is 323 Å². The molecule has 5 N–H and O–H groups in total. The SMILES string of the molecule is CN(CCCOc1cccc(-c2cccc(COc3cc(OCc4cncc(C#N)c4)c(CNC(C)(CO)C(=O)O)cc3Cl)c2Cl)c1Cl)C[C@H](O)CO. The van der Waals surface area contributed by atoms with Gasteiger partial charge in [-0.05, 0) is 38.6 Å². The van der Waals surface area contributed by atoms with E-state index in [-0.39, 0.29) is 37.1 Å². The average Bonchev–Trinajstić information content (AvgIpc) is 3.15. The van der Waals surface area contributed by atoms with Gasteiger partial charge in [0, 0.05) is 65.9 Å². The lowest BCUT2D eigenvalue weighted by atomic mass is 10.0. The fourth-order valence-corrected chi connectivity index (χ4v) is 5.95. The van der Waals surface area contributed by atoms with Crippen molar-refractivity contribution < 1.29 is 39.4 Å². The Bertz CT molecular complexity index is 1910. The second-order valence-corrected chi connectivity index (χ2v) is 13.7. The van der Waals surface area contributed by atoms with Crippen molar-refractivity contribution in [2.24, 2.45) is 0 Å². The first-order valence-corrected chi connectivity index (χ1v) is 17.7. The first-order chi connectivity index (χ1) is 25.4. The van der Waals surface area contributed by atoms with Crippen LogP contribution in [0.3, 0.4) is 0 Å². The van der Waals surface area contributed by atoms with Crippen LogP contribution in [-0.2, 0) is 24.6 Å². The monoisotopic (exact) mass is 786 g/mol. The third-order valence-corrected chi connectivity index (χ3v) is 9.41. The number of hydrogen-bond acceptors (Lipinski definition) is 11. The number of hydrogen-bond donors (Lipinski definition) is 5. The molecule has 3 aromatic carbocycles. The molecule has 4 rings (SSSR count). The number of ether oxygens (including phenoxy) is 3. The van der Waals surface area contributed by atoms with E-state index < -0.39 is 24.2 Å². The summed E-state index contributed by atoms with van der Waals surface area (Å²) >= 11 is 20.4. The molecule has 0 amide bonds. The summed E-state index contributed by atoms with van der Waals surface area (Å²) in [5, 5.41) is 51.2. The third-order valence-electron chi connectivity index (χ3n) is 8.28. The number of benzene rings is 3. The molecule has 0 radical (unpaired) electrons. The number of pyridine rings is 1. The molecule has 12 nitrogen and oxygen atoms in total. The summed E-state index contributed by atoms with van der Waals surface area (Å²) in [6.07, 6.45) is 2.88. The first-order valence-electron chi connectivity index (χ1n) is 16.6. The molecule has 1 unspecified atom stereocenters. The van der Waals surface area contributed by atoms with Crippen LogP contribution in [0.5, 0.6) is 17.2 Å². The van der Waals surface area contributed by atoms with E-state index >= 15 is 0 Å². The molecule has 0 aliphatic carbocycles. The van der Waals surface area contributed by atoms with Gasteiger partial charge in [0.05, 0.1) is 46.6 Å². The summed E-state index contributed by atoms with van der Waals surface area (Å²) in [6, 6.07) is 17.8. The summed E-state index contributed by atoms with van der Waals surface area (Å²) in [6.45, 7) is 1.84. The van der Waals surface area contributed by atoms with Gasteiger partial charge >= 0.3 is 5.97 Å². The molecule has 15 heteroatoms. The Kier molecular flexibility index (Phi) is 15.5. The van der Waals surface area contributed by atoms with Crippen molar-refractivity contribution in [1.82, 2.24) is 15.2 Å². The highest BCUT2D eigenvalue weighted by Gasteiger charge is 2.32. The highest BCUT2D eigenvalue weighted by molar-refractivity contribution is 6.37. The highest BCUT2D eigenvalue weighted by Crippen LogP contribution is 2.40. The van der Waals surface area contributed by atoms with E-state index in [0.717, 1.165) is 0 Å². The van der Waals surface area contributed by atoms with Crippen molar-refractivity contribution in [3.05, 3.63) is 104 Å². The number of nitrogens with one attached hydrogen (secondary N) is 1. The lowest BCUT2D eigenvalue weighted by Crippen LogP contribution is -2.52. The number of carboxylic acids is 1. The number of aliphatic hydroxyl groups excluding tert-OH is 3. The van der Waals surface area contributed by atoms with Crippen molar-refractivity contribution >= 4 is 40.8 Å². The molecule has 1 heterocycles. The minimum Gasteiger partial charge on any atom is -0.492 e. The number of halogens is 3. The van der Waals surface area contributed by atoms with E-state index in [1.54, 1.807) is 30.5 Å². The predicted molar refractivity (Wildman–Crippen MR) is 202 cm³/mol. The molecule has 1 aromatic heterocycles. The number of nitriles is 1. The van der Waals surface area contributed by atoms with E-state index in [2.05, 4.69) is 10.3 Å². The van der Waals surface area contributed by atoms with Crippen LogP contribution in [-0.4, -0.2) is 87.9 Å². The van der Waals surface area contributed by atoms with Crippen LogP contribution in [0.15, 0.2) is 67.0 Å². The van der Waals surface area contributed by atoms with Crippen LogP contribution in [0.1, 0.15) is 35.6 Å². The maximum absolute atomic E-state index is 11.8. The zero-order valence-electron chi connectivity index (χ0n) is 29.2. The van der Waals surface area contributed by atoms with Gasteiger partial charge in [-0.1, -0.05) is 65.1 Å². The van der Waals surface area contributed by atoms with Crippen molar-refractivity contribution in [2.45, 2.75) is 44.7 Å². The molecule has 0 bridgehead atoms. The molecule has 0 saturated carbocycles. The summed E-state index contributed by atoms with van der Waals surface area (Å²) < 4.78 is 18.2. The fourth-order valence-electron chi connectivity index (χ4n) is 5.15. The van der Waals surface area contributed by atoms with Gasteiger partial charge in [-0.15, -0.1) is 0 Å². The number of carboxylic acid groups (broad SMARTS) is 1. The minimum atomic E-state index is -1.62. The molecule has 282 valence electrons. The molecule has 0 saturated heterocycles. The summed E-state index contributed by atoms with van der Waals surface area (Å²) in [5.41, 5.74) is 1.84. The number of carbonyl (C=O) groups is 1. The van der Waals surface area contributed by atoms with Crippen LogP contribution in [0.2, 0.25) is 15.1 Å². The zero-order valence-corrected chi connectivity index (χ0v) is 31.5. The topological polar surface area (TPSA) is 178 Å². The maximum Gasteiger partial charge on any atom is 0.326 e. The molecule has 0 spiro atoms. The van der Waals surface area contributed by atoms with Crippen molar-refractivity contribution in [1.29, 1.82) is 5.26 Å². The van der Waals surface area contributed by atoms with Crippen LogP contribution in [0.25, 0.3) is 11.1 Å². The Morgan fingerprint density at radius 3 is 2.38 bits per heavy atom. The van der Waals surface area contributed by atoms with Crippen molar-refractivity contribution in [2.75, 3.05) is 40.0 Å². The Hall–Kier alpha value is -4.16. The summed E-state index contributed by atoms with van der Waals surface area (Å²) in [5.74, 6) is -0.151. The van der Waals surface area contributed by atoms with Crippen LogP contribution in [0, 0.1) is 11.3 Å². The predicted octanol–water partition coefficient (Wildman–Crippen LogP) is 5.72. The zero-order chi connectivity index (χ0) is 38.5. The van der Waals surface area contributed by atoms with Gasteiger partial charge < -0.3 is 39.5 Å². The van der Waals surface area contributed by atoms with Gasteiger partial charge in [0.1, 0.15) is 42.1 Å². The van der Waals surface area contributed by atoms with Gasteiger partial charge in [0.15, 0.2) is 0 Å². The molecule has 2 atom stereocenters. The summed E-state index contributed by atoms with van der Waals surface area (Å²) in [7, 11) is 1.86. The lowest BCUT2D eigenvalue weighted by molar-refractivity contribution is -0.145. The highest BCUT2D eigenvalue weighted by atomic mass is 35.5. The molecule has 4 aromatic rings. The molecule has 0 aliphatic heterocycles. The number of nitrogens with zero attached hydrogens (tertiary/aromatic N) is 3. The third kappa shape index (κ3) is 11.4. The second-order valence-electron chi connectivity index (χ2n) is 12.5. The number of aliphatic hydroxyl groups is 3. The fraction of sp³-hybridized carbons (Fsp3) is 0.342. The van der Waals surface area contributed by atoms with Crippen LogP contribution < -0.4 is 19.5 Å². The number of aliphatic carboxylic acids is 1. The number of rotatable bonds is 20. The van der Waals surface area contributed by atoms with E-state index in [1.165, 1.54) is 13.1 Å². The van der Waals surface area contributed by atoms with Crippen LogP contribution >= 0.6 is 34.8 Å². The molecular weight excluding hydrogens is 747 g/mol. The van der Waals surface area contributed by atoms with E-state index in [9.17, 15) is 25.4 Å². The average molecular weight is 788 g/mol. The van der Waals surface area contributed by atoms with Gasteiger partial charge in [0.2, 0.25) is 0 Å². The maximum atomic E-state index is 11.8. The van der Waals surface area contributed by atoms with Gasteiger partial charge in [-0.2, -0.15) is 5.26 Å². The van der Waals surface area contributed by atoms with E-state index in [1.807, 2.05) is 48.3 Å². The van der Waals surface area contributed by atoms with Crippen LogP contribution in [0.4, 0.5) is 0 Å². The largest absolute Gasteiger partial charge is 0.492 e. The summed E-state index contributed by atoms with van der Waals surface area (Å²) in [4.78, 5) is 17.8. The smallest absolute Gasteiger partial charge is 0.326 e. The molecule has 53 heavy (non-hydrogen) atoms. The second kappa shape index (κ2) is 19.8. The molecule has 0 fully saturated rings. The number of likely N-dealkylation sites (N-methyl/N-ethyl adjacent to an activating group) is 1. The normalized spacial score (nSPS) is 12.9. The first kappa shape index (κ1) is 41.6. The van der Waals surface area contributed by atoms with Crippen molar-refractivity contribution in [3.8, 4) is 34.4 Å². The van der Waals surface area contributed by atoms with E-state index in [0.29, 0.717) is 81.0 Å². The molecule has 0 aliphatic rings. The minimum absolute atomic E-state index is 0.0155. The molecular formula is C38H41Cl3N4O8. The Morgan fingerprint density at radius 1 is 0.962 bits per heavy atom. The standard InChI is InChI=1S/C38H41Cl3N4O8/c1-38(23-47,37(49)50)44-18-27-13-31(39)34(14-33(27)52-21-25-12-24(15-42)16-43-17-25)53-22-26-6-3-7-29(35(26)40)30-8-4-9-32(36(30)41)51-11-5-10-45(2)19-28(48)20-46/h3-4,6-9,12-14,16-17,28,44,46-48H,5,10-11,18-23H2,1-2H3,(H,49,50)/t28-,38?/m0/s1. The van der Waals surface area contributed by atoms with E-state index in [4.69, 9.17) is 54.1 Å². The van der Waals surface area contributed by atoms with Crippen molar-refractivity contribution in [3.63, 3.8) is 0 Å². The Balaban J connectivity index is 1.52. The van der Waals surface area contributed by atoms with Gasteiger partial charge in [-0.25, -0.2) is 0 Å².